The van der Waals surface area contributed by atoms with Crippen molar-refractivity contribution in [2.45, 2.75) is 11.3 Å². The highest BCUT2D eigenvalue weighted by Gasteiger charge is 2.24. The average molecular weight is 399 g/mol. The fourth-order valence-electron chi connectivity index (χ4n) is 2.22. The van der Waals surface area contributed by atoms with E-state index in [0.29, 0.717) is 23.7 Å². The molecular formula is C17H21ClN3O4S+. The zero-order chi connectivity index (χ0) is 19.2. The van der Waals surface area contributed by atoms with E-state index in [9.17, 15) is 8.42 Å². The zero-order valence-corrected chi connectivity index (χ0v) is 16.0. The number of ether oxygens (including phenoxy) is 2. The van der Waals surface area contributed by atoms with Gasteiger partial charge in [0.25, 0.3) is 0 Å². The molecule has 26 heavy (non-hydrogen) atoms. The highest BCUT2D eigenvalue weighted by atomic mass is 35.5. The summed E-state index contributed by atoms with van der Waals surface area (Å²) in [6.07, 6.45) is 0.655. The predicted octanol–water partition coefficient (Wildman–Crippen LogP) is 0.274. The summed E-state index contributed by atoms with van der Waals surface area (Å²) >= 11 is 5.84. The number of halogens is 1. The Hall–Kier alpha value is -2.45. The average Bonchev–Trinajstić information content (AvgIpc) is 2.62. The van der Waals surface area contributed by atoms with Gasteiger partial charge in [0.2, 0.25) is 0 Å². The van der Waals surface area contributed by atoms with Crippen LogP contribution in [0.2, 0.25) is 5.02 Å². The van der Waals surface area contributed by atoms with Gasteiger partial charge in [0.05, 0.1) is 20.8 Å². The molecule has 0 aliphatic carbocycles. The Balaban J connectivity index is 2.09. The summed E-state index contributed by atoms with van der Waals surface area (Å²) in [6, 6.07) is 11.9. The standard InChI is InChI=1S/C17H20ClN3O4S/c1-24-14-7-8-15(25-2)16(11-14)26(22,23)21-17(19)20-10-9-12-3-5-13(18)6-4-12/h3-8,11H,9-10H2,1-2H3,(H3,19,20,21)/p+1. The molecule has 0 atom stereocenters. The van der Waals surface area contributed by atoms with Crippen molar-refractivity contribution in [1.82, 2.24) is 4.72 Å². The van der Waals surface area contributed by atoms with Crippen molar-refractivity contribution in [2.75, 3.05) is 20.8 Å². The molecule has 7 nitrogen and oxygen atoms in total. The molecule has 2 aromatic rings. The van der Waals surface area contributed by atoms with Gasteiger partial charge < -0.3 is 9.47 Å². The van der Waals surface area contributed by atoms with E-state index in [1.54, 1.807) is 18.2 Å². The first kappa shape index (κ1) is 19.9. The number of hydrogen-bond donors (Lipinski definition) is 3. The van der Waals surface area contributed by atoms with Crippen LogP contribution < -0.4 is 24.9 Å². The maximum atomic E-state index is 12.6. The molecule has 0 saturated carbocycles. The van der Waals surface area contributed by atoms with E-state index < -0.39 is 10.0 Å². The summed E-state index contributed by atoms with van der Waals surface area (Å²) in [6.45, 7) is 0.450. The summed E-state index contributed by atoms with van der Waals surface area (Å²) < 4.78 is 37.6. The molecule has 0 aromatic heterocycles. The third-order valence-electron chi connectivity index (χ3n) is 3.55. The number of rotatable bonds is 7. The molecular weight excluding hydrogens is 378 g/mol. The van der Waals surface area contributed by atoms with E-state index in [-0.39, 0.29) is 16.6 Å². The SMILES string of the molecule is COc1ccc(OC)c(S(=O)(=O)NC(N)=[NH+]CCc2ccc(Cl)cc2)c1. The van der Waals surface area contributed by atoms with Gasteiger partial charge in [0, 0.05) is 17.5 Å². The molecule has 2 aromatic carbocycles. The minimum absolute atomic E-state index is 0.0678. The third-order valence-corrected chi connectivity index (χ3v) is 5.19. The summed E-state index contributed by atoms with van der Waals surface area (Å²) in [5, 5.41) is 0.660. The van der Waals surface area contributed by atoms with Gasteiger partial charge >= 0.3 is 16.0 Å². The fraction of sp³-hybridized carbons (Fsp3) is 0.235. The number of methoxy groups -OCH3 is 2. The number of nitrogens with two attached hydrogens (primary N) is 1. The van der Waals surface area contributed by atoms with Crippen LogP contribution in [0.25, 0.3) is 0 Å². The highest BCUT2D eigenvalue weighted by Crippen LogP contribution is 2.27. The second-order valence-corrected chi connectivity index (χ2v) is 7.43. The molecule has 0 aliphatic heterocycles. The molecule has 2 rings (SSSR count). The van der Waals surface area contributed by atoms with Crippen LogP contribution in [0.15, 0.2) is 47.4 Å². The van der Waals surface area contributed by atoms with Crippen LogP contribution >= 0.6 is 11.6 Å². The van der Waals surface area contributed by atoms with Crippen molar-refractivity contribution in [2.24, 2.45) is 5.73 Å². The van der Waals surface area contributed by atoms with E-state index in [1.807, 2.05) is 12.1 Å². The largest absolute Gasteiger partial charge is 0.497 e. The van der Waals surface area contributed by atoms with Crippen molar-refractivity contribution in [3.05, 3.63) is 53.1 Å². The predicted molar refractivity (Wildman–Crippen MR) is 100 cm³/mol. The zero-order valence-electron chi connectivity index (χ0n) is 14.5. The summed E-state index contributed by atoms with van der Waals surface area (Å²) in [4.78, 5) is 2.77. The first-order chi connectivity index (χ1) is 12.4. The Kier molecular flexibility index (Phi) is 6.70. The third kappa shape index (κ3) is 5.27. The highest BCUT2D eigenvalue weighted by molar-refractivity contribution is 7.90. The van der Waals surface area contributed by atoms with Gasteiger partial charge in [-0.2, -0.15) is 13.1 Å². The Morgan fingerprint density at radius 2 is 1.85 bits per heavy atom. The molecule has 0 heterocycles. The molecule has 4 N–H and O–H groups in total. The van der Waals surface area contributed by atoms with Crippen LogP contribution in [-0.4, -0.2) is 35.1 Å². The molecule has 0 fully saturated rings. The van der Waals surface area contributed by atoms with Crippen LogP contribution in [0.3, 0.4) is 0 Å². The summed E-state index contributed by atoms with van der Waals surface area (Å²) in [7, 11) is -1.10. The minimum Gasteiger partial charge on any atom is -0.497 e. The molecule has 0 unspecified atom stereocenters. The number of nitrogens with one attached hydrogen (secondary N) is 2. The maximum Gasteiger partial charge on any atom is 0.356 e. The molecule has 0 aliphatic rings. The summed E-state index contributed by atoms with van der Waals surface area (Å²) in [5.74, 6) is 0.497. The molecule has 140 valence electrons. The van der Waals surface area contributed by atoms with Crippen molar-refractivity contribution in [1.29, 1.82) is 0 Å². The molecule has 0 amide bonds. The molecule has 0 saturated heterocycles. The van der Waals surface area contributed by atoms with Crippen molar-refractivity contribution < 1.29 is 22.9 Å². The molecule has 0 radical (unpaired) electrons. The second kappa shape index (κ2) is 8.77. The second-order valence-electron chi connectivity index (χ2n) is 5.34. The lowest BCUT2D eigenvalue weighted by Crippen LogP contribution is -2.79. The number of benzene rings is 2. The van der Waals surface area contributed by atoms with E-state index in [0.717, 1.165) is 5.56 Å². The monoisotopic (exact) mass is 398 g/mol. The van der Waals surface area contributed by atoms with Crippen LogP contribution in [-0.2, 0) is 16.4 Å². The van der Waals surface area contributed by atoms with Gasteiger partial charge in [-0.15, -0.1) is 0 Å². The van der Waals surface area contributed by atoms with E-state index in [2.05, 4.69) is 9.71 Å². The van der Waals surface area contributed by atoms with Gasteiger partial charge in [-0.1, -0.05) is 23.7 Å². The molecule has 0 spiro atoms. The van der Waals surface area contributed by atoms with E-state index in [1.165, 1.54) is 26.4 Å². The topological polar surface area (TPSA) is 105 Å². The van der Waals surface area contributed by atoms with Gasteiger partial charge in [-0.3, -0.25) is 10.7 Å². The smallest absolute Gasteiger partial charge is 0.356 e. The van der Waals surface area contributed by atoms with Gasteiger partial charge in [-0.05, 0) is 29.8 Å². The van der Waals surface area contributed by atoms with Crippen molar-refractivity contribution >= 4 is 27.6 Å². The Bertz CT molecular complexity index is 883. The lowest BCUT2D eigenvalue weighted by molar-refractivity contribution is -0.459. The molecule has 0 bridgehead atoms. The van der Waals surface area contributed by atoms with Crippen LogP contribution in [0.1, 0.15) is 5.56 Å². The summed E-state index contributed by atoms with van der Waals surface area (Å²) in [5.41, 5.74) is 6.82. The first-order valence-electron chi connectivity index (χ1n) is 7.71. The quantitative estimate of drug-likeness (QED) is 0.459. The van der Waals surface area contributed by atoms with Crippen LogP contribution in [0, 0.1) is 0 Å². The fourth-order valence-corrected chi connectivity index (χ4v) is 3.51. The van der Waals surface area contributed by atoms with Gasteiger partial charge in [-0.25, -0.2) is 0 Å². The lowest BCUT2D eigenvalue weighted by Gasteiger charge is -2.09. The van der Waals surface area contributed by atoms with Gasteiger partial charge in [0.15, 0.2) is 0 Å². The van der Waals surface area contributed by atoms with Crippen LogP contribution in [0.4, 0.5) is 0 Å². The number of sulfonamides is 1. The van der Waals surface area contributed by atoms with E-state index >= 15 is 0 Å². The number of guanidine groups is 1. The number of hydrogen-bond acceptors (Lipinski definition) is 4. The lowest BCUT2D eigenvalue weighted by atomic mass is 10.1. The normalized spacial score (nSPS) is 11.9. The van der Waals surface area contributed by atoms with Gasteiger partial charge in [0.1, 0.15) is 16.4 Å². The Labute approximate surface area is 157 Å². The minimum atomic E-state index is -3.93. The van der Waals surface area contributed by atoms with E-state index in [4.69, 9.17) is 26.8 Å². The molecule has 9 heteroatoms. The van der Waals surface area contributed by atoms with Crippen molar-refractivity contribution in [3.63, 3.8) is 0 Å². The van der Waals surface area contributed by atoms with Crippen molar-refractivity contribution in [3.8, 4) is 11.5 Å². The Morgan fingerprint density at radius 1 is 1.15 bits per heavy atom. The Morgan fingerprint density at radius 3 is 2.46 bits per heavy atom. The first-order valence-corrected chi connectivity index (χ1v) is 9.57. The van der Waals surface area contributed by atoms with Crippen LogP contribution in [0.5, 0.6) is 11.5 Å². The maximum absolute atomic E-state index is 12.6.